The Hall–Kier alpha value is -5.21. The van der Waals surface area contributed by atoms with E-state index in [1.807, 2.05) is 0 Å². The highest BCUT2D eigenvalue weighted by molar-refractivity contribution is 5.89. The van der Waals surface area contributed by atoms with Gasteiger partial charge in [0.1, 0.15) is 37.3 Å². The number of rotatable bonds is 13. The monoisotopic (exact) mass is 758 g/mol. The zero-order valence-electron chi connectivity index (χ0n) is 29.6. The number of halogens is 1. The van der Waals surface area contributed by atoms with Gasteiger partial charge in [0.2, 0.25) is 12.4 Å². The minimum absolute atomic E-state index is 0.547. The summed E-state index contributed by atoms with van der Waals surface area (Å²) in [6.07, 6.45) is -17.5. The third-order valence-electron chi connectivity index (χ3n) is 7.20. The molecule has 2 fully saturated rings. The molecule has 1 aromatic carbocycles. The Kier molecular flexibility index (Phi) is 15.2. The lowest BCUT2D eigenvalue weighted by Gasteiger charge is -2.48. The van der Waals surface area contributed by atoms with E-state index in [0.717, 1.165) is 60.6 Å². The summed E-state index contributed by atoms with van der Waals surface area (Å²) in [6, 6.07) is 4.72. The molecule has 3 rings (SSSR count). The van der Waals surface area contributed by atoms with E-state index in [9.17, 15) is 42.7 Å². The fourth-order valence-electron chi connectivity index (χ4n) is 5.36. The van der Waals surface area contributed by atoms with Gasteiger partial charge in [-0.15, -0.1) is 0 Å². The van der Waals surface area contributed by atoms with Crippen LogP contribution < -0.4 is 0 Å². The highest BCUT2D eigenvalue weighted by Gasteiger charge is 2.58. The molecule has 19 nitrogen and oxygen atoms in total. The first-order valence-corrected chi connectivity index (χ1v) is 15.9. The van der Waals surface area contributed by atoms with Crippen molar-refractivity contribution in [3.8, 4) is 0 Å². The summed E-state index contributed by atoms with van der Waals surface area (Å²) in [5.41, 5.74) is -0.547. The molecular weight excluding hydrogens is 719 g/mol. The SMILES string of the molecule is CC(=O)OC[C@H]1O[C@@H](O[C@H]2[C@H](OC(C)=O)[C@@H](OC(C)=O)[C@H](OC(=O)c3ccccc3F)O[C@@H]2COC(C)=O)[C@H](OC(C)=O)[C@@H](OC(C)=O)[C@H]1OC(C)=O. The minimum atomic E-state index is -1.97. The molecule has 0 aliphatic carbocycles. The average molecular weight is 759 g/mol. The number of hydrogen-bond donors (Lipinski definition) is 0. The molecule has 0 saturated carbocycles. The second kappa shape index (κ2) is 19.0. The zero-order valence-corrected chi connectivity index (χ0v) is 29.6. The summed E-state index contributed by atoms with van der Waals surface area (Å²) >= 11 is 0. The zero-order chi connectivity index (χ0) is 39.6. The Bertz CT molecular complexity index is 1550. The Morgan fingerprint density at radius 1 is 0.509 bits per heavy atom. The molecule has 0 N–H and O–H groups in total. The summed E-state index contributed by atoms with van der Waals surface area (Å²) in [5.74, 6) is -8.75. The number of carbonyl (C=O) groups is 8. The van der Waals surface area contributed by atoms with E-state index < -0.39 is 134 Å². The van der Waals surface area contributed by atoms with Gasteiger partial charge in [0.05, 0.1) is 5.56 Å². The smallest absolute Gasteiger partial charge is 0.343 e. The summed E-state index contributed by atoms with van der Waals surface area (Å²) in [6.45, 7) is 5.67. The van der Waals surface area contributed by atoms with Crippen molar-refractivity contribution in [2.75, 3.05) is 13.2 Å². The lowest BCUT2D eigenvalue weighted by molar-refractivity contribution is -0.356. The predicted octanol–water partition coefficient (Wildman–Crippen LogP) is 0.602. The lowest BCUT2D eigenvalue weighted by atomic mass is 9.96. The third kappa shape index (κ3) is 12.2. The lowest BCUT2D eigenvalue weighted by Crippen LogP contribution is -2.67. The van der Waals surface area contributed by atoms with Crippen molar-refractivity contribution in [1.29, 1.82) is 0 Å². The largest absolute Gasteiger partial charge is 0.463 e. The van der Waals surface area contributed by atoms with E-state index in [4.69, 9.17) is 52.1 Å². The van der Waals surface area contributed by atoms with Gasteiger partial charge in [-0.05, 0) is 12.1 Å². The van der Waals surface area contributed by atoms with E-state index >= 15 is 0 Å². The van der Waals surface area contributed by atoms with Crippen molar-refractivity contribution in [2.45, 2.75) is 110 Å². The van der Waals surface area contributed by atoms with Crippen LogP contribution in [0.4, 0.5) is 4.39 Å². The van der Waals surface area contributed by atoms with Crippen LogP contribution in [0.1, 0.15) is 58.8 Å². The van der Waals surface area contributed by atoms with Crippen molar-refractivity contribution in [1.82, 2.24) is 0 Å². The summed E-state index contributed by atoms with van der Waals surface area (Å²) < 4.78 is 75.3. The number of benzene rings is 1. The quantitative estimate of drug-likeness (QED) is 0.198. The Balaban J connectivity index is 2.17. The second-order valence-corrected chi connectivity index (χ2v) is 11.5. The van der Waals surface area contributed by atoms with Gasteiger partial charge in [0, 0.05) is 48.5 Å². The maximum atomic E-state index is 14.5. The van der Waals surface area contributed by atoms with Crippen molar-refractivity contribution >= 4 is 47.8 Å². The molecule has 2 saturated heterocycles. The van der Waals surface area contributed by atoms with Crippen LogP contribution in [-0.4, -0.2) is 122 Å². The molecule has 53 heavy (non-hydrogen) atoms. The van der Waals surface area contributed by atoms with Crippen LogP contribution in [-0.2, 0) is 85.7 Å². The van der Waals surface area contributed by atoms with Gasteiger partial charge < -0.3 is 52.1 Å². The molecular formula is C33H39FO19. The first kappa shape index (κ1) is 42.2. The van der Waals surface area contributed by atoms with E-state index in [2.05, 4.69) is 0 Å². The highest BCUT2D eigenvalue weighted by atomic mass is 19.1. The first-order valence-electron chi connectivity index (χ1n) is 15.9. The van der Waals surface area contributed by atoms with Gasteiger partial charge in [-0.25, -0.2) is 9.18 Å². The molecule has 0 aromatic heterocycles. The number of carbonyl (C=O) groups excluding carboxylic acids is 8. The van der Waals surface area contributed by atoms with Crippen LogP contribution in [0.25, 0.3) is 0 Å². The number of hydrogen-bond acceptors (Lipinski definition) is 19. The van der Waals surface area contributed by atoms with E-state index in [-0.39, 0.29) is 0 Å². The molecule has 2 heterocycles. The normalized spacial score (nSPS) is 27.9. The van der Waals surface area contributed by atoms with Gasteiger partial charge in [-0.3, -0.25) is 33.6 Å². The van der Waals surface area contributed by atoms with E-state index in [0.29, 0.717) is 0 Å². The van der Waals surface area contributed by atoms with E-state index in [1.165, 1.54) is 12.1 Å². The topological polar surface area (TPSA) is 238 Å². The molecule has 0 unspecified atom stereocenters. The molecule has 2 aliphatic heterocycles. The van der Waals surface area contributed by atoms with Gasteiger partial charge >= 0.3 is 47.8 Å². The molecule has 0 bridgehead atoms. The summed E-state index contributed by atoms with van der Waals surface area (Å²) in [5, 5.41) is 0. The van der Waals surface area contributed by atoms with Crippen molar-refractivity contribution < 1.29 is 94.9 Å². The van der Waals surface area contributed by atoms with Gasteiger partial charge in [-0.2, -0.15) is 0 Å². The summed E-state index contributed by atoms with van der Waals surface area (Å²) in [4.78, 5) is 98.5. The van der Waals surface area contributed by atoms with Gasteiger partial charge in [0.25, 0.3) is 0 Å². The Labute approximate surface area is 301 Å². The van der Waals surface area contributed by atoms with Crippen LogP contribution in [0, 0.1) is 5.82 Å². The van der Waals surface area contributed by atoms with Crippen LogP contribution >= 0.6 is 0 Å². The van der Waals surface area contributed by atoms with Crippen molar-refractivity contribution in [3.63, 3.8) is 0 Å². The Morgan fingerprint density at radius 2 is 0.906 bits per heavy atom. The fourth-order valence-corrected chi connectivity index (χ4v) is 5.36. The van der Waals surface area contributed by atoms with Crippen LogP contribution in [0.5, 0.6) is 0 Å². The highest BCUT2D eigenvalue weighted by Crippen LogP contribution is 2.36. The molecule has 0 amide bonds. The van der Waals surface area contributed by atoms with Gasteiger partial charge in [0.15, 0.2) is 30.7 Å². The summed E-state index contributed by atoms with van der Waals surface area (Å²) in [7, 11) is 0. The average Bonchev–Trinajstić information content (AvgIpc) is 3.03. The van der Waals surface area contributed by atoms with Crippen LogP contribution in [0.2, 0.25) is 0 Å². The standard InChI is InChI=1S/C33H39FO19/c1-14(35)43-12-23-25(45-16(3)37)27(46-17(4)38)29(48-19(6)40)32(50-23)52-26-24(13-44-15(2)36)51-33(30(49-20(7)41)28(26)47-18(5)39)53-31(42)21-10-8-9-11-22(21)34/h8-11,23-30,32-33H,12-13H2,1-7H3/t23-,24-,25+,26-,27+,28+,29-,30-,32+,33+/m1/s1. The van der Waals surface area contributed by atoms with Crippen molar-refractivity contribution in [3.05, 3.63) is 35.6 Å². The van der Waals surface area contributed by atoms with E-state index in [1.54, 1.807) is 0 Å². The van der Waals surface area contributed by atoms with Crippen LogP contribution in [0.15, 0.2) is 24.3 Å². The van der Waals surface area contributed by atoms with Crippen molar-refractivity contribution in [2.24, 2.45) is 0 Å². The minimum Gasteiger partial charge on any atom is -0.463 e. The molecule has 0 radical (unpaired) electrons. The molecule has 20 heteroatoms. The molecule has 2 aliphatic rings. The van der Waals surface area contributed by atoms with Crippen LogP contribution in [0.3, 0.4) is 0 Å². The Morgan fingerprint density at radius 3 is 1.38 bits per heavy atom. The predicted molar refractivity (Wildman–Crippen MR) is 165 cm³/mol. The fraction of sp³-hybridized carbons (Fsp3) is 0.576. The first-order chi connectivity index (χ1) is 24.9. The third-order valence-corrected chi connectivity index (χ3v) is 7.20. The molecule has 292 valence electrons. The van der Waals surface area contributed by atoms with Gasteiger partial charge in [-0.1, -0.05) is 12.1 Å². The maximum Gasteiger partial charge on any atom is 0.343 e. The second-order valence-electron chi connectivity index (χ2n) is 11.5. The molecule has 1 aromatic rings. The maximum absolute atomic E-state index is 14.5. The molecule has 0 spiro atoms. The number of esters is 8. The number of ether oxygens (including phenoxy) is 11. The molecule has 10 atom stereocenters.